The number of carbonyl (C=O) groups excluding carboxylic acids is 2. The highest BCUT2D eigenvalue weighted by Gasteiger charge is 2.37. The normalized spacial score (nSPS) is 14.7. The van der Waals surface area contributed by atoms with E-state index in [1.807, 2.05) is 13.8 Å². The van der Waals surface area contributed by atoms with Crippen LogP contribution in [0.25, 0.3) is 11.6 Å². The number of nitrogens with two attached hydrogens (primary N) is 1. The number of pyridine rings is 1. The van der Waals surface area contributed by atoms with Crippen LogP contribution in [-0.2, 0) is 11.3 Å². The van der Waals surface area contributed by atoms with E-state index in [1.165, 1.54) is 17.2 Å². The van der Waals surface area contributed by atoms with Crippen LogP contribution in [0, 0.1) is 13.8 Å². The number of hydrogen-bond acceptors (Lipinski definition) is 9. The summed E-state index contributed by atoms with van der Waals surface area (Å²) in [4.78, 5) is 43.1. The summed E-state index contributed by atoms with van der Waals surface area (Å²) >= 11 is 6.40. The fourth-order valence-corrected chi connectivity index (χ4v) is 4.31. The second-order valence-corrected chi connectivity index (χ2v) is 8.81. The van der Waals surface area contributed by atoms with E-state index in [1.54, 1.807) is 19.4 Å². The average Bonchev–Trinajstić information content (AvgIpc) is 3.43. The molecule has 0 aliphatic carbocycles. The predicted molar refractivity (Wildman–Crippen MR) is 137 cm³/mol. The Labute approximate surface area is 217 Å². The summed E-state index contributed by atoms with van der Waals surface area (Å²) in [5, 5.41) is 20.9. The predicted octanol–water partition coefficient (Wildman–Crippen LogP) is 1.23. The number of carbonyl (C=O) groups is 2. The highest BCUT2D eigenvalue weighted by atomic mass is 35.5. The lowest BCUT2D eigenvalue weighted by atomic mass is 10.1. The first-order valence-corrected chi connectivity index (χ1v) is 11.6. The molecular formula is C24H26ClN7O5. The van der Waals surface area contributed by atoms with E-state index in [9.17, 15) is 14.7 Å². The number of halogens is 1. The minimum absolute atomic E-state index is 0.0123. The zero-order valence-corrected chi connectivity index (χ0v) is 21.1. The largest absolute Gasteiger partial charge is 0.496 e. The number of H-pyrrole nitrogens is 1. The number of aliphatic hydroxyl groups is 2. The van der Waals surface area contributed by atoms with Gasteiger partial charge in [0.1, 0.15) is 10.9 Å². The highest BCUT2D eigenvalue weighted by Crippen LogP contribution is 2.41. The quantitative estimate of drug-likeness (QED) is 0.213. The van der Waals surface area contributed by atoms with Gasteiger partial charge < -0.3 is 31.0 Å². The molecule has 0 bridgehead atoms. The molecular weight excluding hydrogens is 502 g/mol. The van der Waals surface area contributed by atoms with Crippen LogP contribution in [0.3, 0.4) is 0 Å². The van der Waals surface area contributed by atoms with Gasteiger partial charge in [-0.1, -0.05) is 11.6 Å². The lowest BCUT2D eigenvalue weighted by Gasteiger charge is -2.19. The van der Waals surface area contributed by atoms with E-state index in [0.29, 0.717) is 22.7 Å². The molecule has 0 spiro atoms. The van der Waals surface area contributed by atoms with E-state index < -0.39 is 24.5 Å². The first-order valence-electron chi connectivity index (χ1n) is 11.3. The van der Waals surface area contributed by atoms with Crippen molar-refractivity contribution in [2.45, 2.75) is 26.5 Å². The molecule has 0 saturated heterocycles. The van der Waals surface area contributed by atoms with Crippen molar-refractivity contribution in [3.63, 3.8) is 0 Å². The Balaban J connectivity index is 1.69. The molecule has 194 valence electrons. The van der Waals surface area contributed by atoms with Crippen LogP contribution in [0.1, 0.15) is 38.4 Å². The smallest absolute Gasteiger partial charge is 0.260 e. The van der Waals surface area contributed by atoms with Crippen LogP contribution in [0.4, 0.5) is 11.8 Å². The zero-order chi connectivity index (χ0) is 26.9. The number of methoxy groups -OCH3 is 1. The van der Waals surface area contributed by atoms with Gasteiger partial charge in [0.2, 0.25) is 5.95 Å². The van der Waals surface area contributed by atoms with Gasteiger partial charge in [-0.3, -0.25) is 19.5 Å². The van der Waals surface area contributed by atoms with Crippen LogP contribution in [0.2, 0.25) is 5.15 Å². The lowest BCUT2D eigenvalue weighted by molar-refractivity contribution is -0.113. The summed E-state index contributed by atoms with van der Waals surface area (Å²) in [7, 11) is 1.57. The number of nitrogens with zero attached hydrogens (tertiary/aromatic N) is 4. The Kier molecular flexibility index (Phi) is 7.43. The van der Waals surface area contributed by atoms with Crippen LogP contribution in [0.5, 0.6) is 5.75 Å². The number of nitrogens with one attached hydrogen (secondary N) is 2. The molecule has 1 atom stereocenters. The number of aromatic amines is 1. The molecule has 1 unspecified atom stereocenters. The fourth-order valence-electron chi connectivity index (χ4n) is 4.03. The average molecular weight is 528 g/mol. The Morgan fingerprint density at radius 3 is 2.84 bits per heavy atom. The minimum atomic E-state index is -1.07. The summed E-state index contributed by atoms with van der Waals surface area (Å²) in [6, 6.07) is 1.53. The summed E-state index contributed by atoms with van der Waals surface area (Å²) in [5.74, 6) is -0.0205. The maximum absolute atomic E-state index is 13.6. The third-order valence-electron chi connectivity index (χ3n) is 5.90. The second kappa shape index (κ2) is 10.5. The number of hydrogen-bond donors (Lipinski definition) is 5. The number of aryl methyl sites for hydroxylation is 1. The third kappa shape index (κ3) is 5.12. The Hall–Kier alpha value is -4.00. The zero-order valence-electron chi connectivity index (χ0n) is 20.4. The van der Waals surface area contributed by atoms with Crippen molar-refractivity contribution >= 4 is 46.8 Å². The molecule has 12 nitrogen and oxygen atoms in total. The van der Waals surface area contributed by atoms with Gasteiger partial charge in [0.15, 0.2) is 5.82 Å². The third-order valence-corrected chi connectivity index (χ3v) is 6.17. The van der Waals surface area contributed by atoms with Crippen LogP contribution in [-0.4, -0.2) is 68.3 Å². The first-order chi connectivity index (χ1) is 17.6. The molecule has 6 N–H and O–H groups in total. The molecule has 3 aromatic rings. The van der Waals surface area contributed by atoms with Crippen molar-refractivity contribution < 1.29 is 24.5 Å². The van der Waals surface area contributed by atoms with Crippen LogP contribution < -0.4 is 20.7 Å². The number of aliphatic hydroxyl groups excluding tert-OH is 2. The molecule has 2 amide bonds. The Morgan fingerprint density at radius 2 is 2.14 bits per heavy atom. The molecule has 13 heteroatoms. The number of anilines is 2. The molecule has 0 radical (unpaired) electrons. The van der Waals surface area contributed by atoms with Crippen molar-refractivity contribution in [1.29, 1.82) is 0 Å². The van der Waals surface area contributed by atoms with Gasteiger partial charge in [-0.25, -0.2) is 4.98 Å². The number of ether oxygens (including phenoxy) is 1. The molecule has 4 rings (SSSR count). The Morgan fingerprint density at radius 1 is 1.38 bits per heavy atom. The van der Waals surface area contributed by atoms with Gasteiger partial charge in [0.25, 0.3) is 11.8 Å². The van der Waals surface area contributed by atoms with E-state index >= 15 is 0 Å². The summed E-state index contributed by atoms with van der Waals surface area (Å²) in [6.07, 6.45) is 3.61. The van der Waals surface area contributed by atoms with Gasteiger partial charge in [0, 0.05) is 35.8 Å². The number of aromatic nitrogens is 4. The minimum Gasteiger partial charge on any atom is -0.496 e. The first kappa shape index (κ1) is 26.1. The summed E-state index contributed by atoms with van der Waals surface area (Å²) in [6.45, 7) is 3.25. The topological polar surface area (TPSA) is 180 Å². The highest BCUT2D eigenvalue weighted by molar-refractivity contribution is 6.41. The molecule has 4 heterocycles. The van der Waals surface area contributed by atoms with Crippen molar-refractivity contribution in [2.75, 3.05) is 30.9 Å². The number of amides is 2. The van der Waals surface area contributed by atoms with Gasteiger partial charge in [-0.2, -0.15) is 4.98 Å². The van der Waals surface area contributed by atoms with Crippen LogP contribution >= 0.6 is 11.6 Å². The second-order valence-electron chi connectivity index (χ2n) is 8.46. The van der Waals surface area contributed by atoms with Gasteiger partial charge >= 0.3 is 0 Å². The summed E-state index contributed by atoms with van der Waals surface area (Å²) in [5.41, 5.74) is 9.34. The molecule has 0 fully saturated rings. The van der Waals surface area contributed by atoms with Gasteiger partial charge in [-0.05, 0) is 26.0 Å². The van der Waals surface area contributed by atoms with Crippen LogP contribution in [0.15, 0.2) is 18.5 Å². The molecule has 0 aromatic carbocycles. The van der Waals surface area contributed by atoms with Crippen molar-refractivity contribution in [1.82, 2.24) is 25.3 Å². The standard InChI is InChI=1S/C24H26ClN7O5/c1-11-6-28-17(12(2)19(11)37-3)9-32-21-18(20(25)30-24(26)31-21)16(23(32)36)5-14-4-13(7-27-14)22(35)29-8-15(34)10-33/h4-7,15,27,33-34H,8-10H2,1-3H3,(H,29,35)(H2,26,30,31)/b16-5+. The van der Waals surface area contributed by atoms with Crippen molar-refractivity contribution in [3.05, 3.63) is 57.3 Å². The maximum atomic E-state index is 13.6. The molecule has 0 saturated carbocycles. The Bertz CT molecular complexity index is 1400. The monoisotopic (exact) mass is 527 g/mol. The van der Waals surface area contributed by atoms with E-state index in [-0.39, 0.29) is 41.1 Å². The summed E-state index contributed by atoms with van der Waals surface area (Å²) < 4.78 is 5.49. The molecule has 3 aromatic heterocycles. The fraction of sp³-hybridized carbons (Fsp3) is 0.292. The van der Waals surface area contributed by atoms with Crippen molar-refractivity contribution in [3.8, 4) is 5.75 Å². The molecule has 1 aliphatic rings. The number of rotatable bonds is 8. The molecule has 37 heavy (non-hydrogen) atoms. The van der Waals surface area contributed by atoms with Crippen molar-refractivity contribution in [2.24, 2.45) is 0 Å². The lowest BCUT2D eigenvalue weighted by Crippen LogP contribution is -2.33. The van der Waals surface area contributed by atoms with E-state index in [2.05, 4.69) is 25.3 Å². The van der Waals surface area contributed by atoms with Gasteiger partial charge in [-0.15, -0.1) is 0 Å². The van der Waals surface area contributed by atoms with E-state index in [0.717, 1.165) is 11.1 Å². The number of fused-ring (bicyclic) bond motifs is 1. The van der Waals surface area contributed by atoms with E-state index in [4.69, 9.17) is 27.2 Å². The maximum Gasteiger partial charge on any atom is 0.260 e. The number of nitrogen functional groups attached to an aromatic ring is 1. The van der Waals surface area contributed by atoms with Gasteiger partial charge in [0.05, 0.1) is 48.8 Å². The SMILES string of the molecule is COc1c(C)cnc(CN2C(=O)/C(=C/c3cc(C(=O)NCC(O)CO)c[nH]3)c3c(Cl)nc(N)nc32)c1C. The molecule has 1 aliphatic heterocycles.